The van der Waals surface area contributed by atoms with Gasteiger partial charge in [-0.1, -0.05) is 32.9 Å². The summed E-state index contributed by atoms with van der Waals surface area (Å²) in [5.74, 6) is 1.46. The molecule has 0 amide bonds. The van der Waals surface area contributed by atoms with Gasteiger partial charge in [0.1, 0.15) is 0 Å². The molecule has 0 radical (unpaired) electrons. The molecular weight excluding hydrogens is 164 g/mol. The van der Waals surface area contributed by atoms with Gasteiger partial charge in [0, 0.05) is 4.75 Å². The second-order valence-electron chi connectivity index (χ2n) is 4.75. The maximum Gasteiger partial charge on any atom is 0.0138 e. The molecule has 0 bridgehead atoms. The largest absolute Gasteiger partial charge is 0.172 e. The molecule has 2 atom stereocenters. The van der Waals surface area contributed by atoms with Crippen LogP contribution in [0.25, 0.3) is 0 Å². The first-order valence-electron chi connectivity index (χ1n) is 4.81. The Balaban J connectivity index is 2.63. The molecule has 70 valence electrons. The summed E-state index contributed by atoms with van der Waals surface area (Å²) in [6.07, 6.45) is 3.82. The van der Waals surface area contributed by atoms with Gasteiger partial charge in [-0.2, -0.15) is 12.6 Å². The maximum atomic E-state index is 4.63. The first-order chi connectivity index (χ1) is 5.41. The van der Waals surface area contributed by atoms with Crippen molar-refractivity contribution < 1.29 is 0 Å². The van der Waals surface area contributed by atoms with Gasteiger partial charge in [-0.25, -0.2) is 0 Å². The van der Waals surface area contributed by atoms with Crippen molar-refractivity contribution in [1.29, 1.82) is 0 Å². The van der Waals surface area contributed by atoms with E-state index in [1.807, 2.05) is 0 Å². The summed E-state index contributed by atoms with van der Waals surface area (Å²) in [5, 5.41) is 0. The van der Waals surface area contributed by atoms with Crippen LogP contribution in [-0.4, -0.2) is 4.75 Å². The Hall–Kier alpha value is 0.0900. The lowest BCUT2D eigenvalue weighted by Gasteiger charge is -2.37. The van der Waals surface area contributed by atoms with Crippen molar-refractivity contribution in [2.24, 2.45) is 11.8 Å². The first-order valence-corrected chi connectivity index (χ1v) is 5.26. The van der Waals surface area contributed by atoms with Crippen LogP contribution < -0.4 is 0 Å². The summed E-state index contributed by atoms with van der Waals surface area (Å²) < 4.78 is 0.122. The van der Waals surface area contributed by atoms with Gasteiger partial charge in [0.25, 0.3) is 0 Å². The van der Waals surface area contributed by atoms with E-state index in [1.165, 1.54) is 24.8 Å². The van der Waals surface area contributed by atoms with Crippen molar-refractivity contribution in [2.45, 2.75) is 44.8 Å². The third-order valence-corrected chi connectivity index (χ3v) is 3.22. The SMILES string of the molecule is C=C1CC(C)CCC1C(C)(C)S. The normalized spacial score (nSPS) is 32.2. The van der Waals surface area contributed by atoms with Crippen LogP contribution >= 0.6 is 12.6 Å². The van der Waals surface area contributed by atoms with Crippen molar-refractivity contribution in [1.82, 2.24) is 0 Å². The Bertz CT molecular complexity index is 176. The summed E-state index contributed by atoms with van der Waals surface area (Å²) in [6, 6.07) is 0. The molecule has 1 rings (SSSR count). The number of rotatable bonds is 1. The fourth-order valence-corrected chi connectivity index (χ4v) is 2.51. The summed E-state index contributed by atoms with van der Waals surface area (Å²) >= 11 is 4.63. The molecule has 2 unspecified atom stereocenters. The van der Waals surface area contributed by atoms with Crippen molar-refractivity contribution in [3.8, 4) is 0 Å². The molecule has 0 nitrogen and oxygen atoms in total. The van der Waals surface area contributed by atoms with E-state index in [9.17, 15) is 0 Å². The Kier molecular flexibility index (Phi) is 2.92. The molecule has 0 spiro atoms. The predicted molar refractivity (Wildman–Crippen MR) is 58.7 cm³/mol. The van der Waals surface area contributed by atoms with E-state index in [-0.39, 0.29) is 4.75 Å². The summed E-state index contributed by atoms with van der Waals surface area (Å²) in [4.78, 5) is 0. The van der Waals surface area contributed by atoms with E-state index in [0.717, 1.165) is 5.92 Å². The Morgan fingerprint density at radius 1 is 1.42 bits per heavy atom. The highest BCUT2D eigenvalue weighted by molar-refractivity contribution is 7.81. The zero-order valence-electron chi connectivity index (χ0n) is 8.43. The summed E-state index contributed by atoms with van der Waals surface area (Å²) in [6.45, 7) is 10.9. The highest BCUT2D eigenvalue weighted by Gasteiger charge is 2.31. The van der Waals surface area contributed by atoms with E-state index in [4.69, 9.17) is 0 Å². The van der Waals surface area contributed by atoms with Gasteiger partial charge in [0.2, 0.25) is 0 Å². The van der Waals surface area contributed by atoms with Crippen LogP contribution in [0.1, 0.15) is 40.0 Å². The van der Waals surface area contributed by atoms with Gasteiger partial charge in [-0.05, 0) is 31.1 Å². The Labute approximate surface area is 81.8 Å². The smallest absolute Gasteiger partial charge is 0.0138 e. The summed E-state index contributed by atoms with van der Waals surface area (Å²) in [7, 11) is 0. The molecule has 0 saturated heterocycles. The van der Waals surface area contributed by atoms with E-state index in [1.54, 1.807) is 0 Å². The molecule has 1 heteroatoms. The lowest BCUT2D eigenvalue weighted by Crippen LogP contribution is -2.30. The topological polar surface area (TPSA) is 0 Å². The van der Waals surface area contributed by atoms with Crippen molar-refractivity contribution >= 4 is 12.6 Å². The highest BCUT2D eigenvalue weighted by atomic mass is 32.1. The van der Waals surface area contributed by atoms with Crippen LogP contribution in [0.4, 0.5) is 0 Å². The first kappa shape index (κ1) is 10.2. The number of allylic oxidation sites excluding steroid dienone is 1. The molecule has 0 heterocycles. The molecule has 0 aromatic heterocycles. The highest BCUT2D eigenvalue weighted by Crippen LogP contribution is 2.40. The average Bonchev–Trinajstić information content (AvgIpc) is 1.83. The van der Waals surface area contributed by atoms with Gasteiger partial charge in [0.15, 0.2) is 0 Å². The molecule has 1 saturated carbocycles. The number of hydrogen-bond acceptors (Lipinski definition) is 1. The lowest BCUT2D eigenvalue weighted by molar-refractivity contribution is 0.331. The van der Waals surface area contributed by atoms with E-state index < -0.39 is 0 Å². The monoisotopic (exact) mass is 184 g/mol. The minimum atomic E-state index is 0.122. The van der Waals surface area contributed by atoms with Gasteiger partial charge in [-0.15, -0.1) is 0 Å². The zero-order chi connectivity index (χ0) is 9.35. The van der Waals surface area contributed by atoms with Crippen LogP contribution in [0.3, 0.4) is 0 Å². The standard InChI is InChI=1S/C11H20S/c1-8-5-6-10(9(2)7-8)11(3,4)12/h8,10,12H,2,5-7H2,1,3-4H3. The second-order valence-corrected chi connectivity index (χ2v) is 5.90. The maximum absolute atomic E-state index is 4.63. The van der Waals surface area contributed by atoms with Gasteiger partial charge in [0.05, 0.1) is 0 Å². The lowest BCUT2D eigenvalue weighted by atomic mass is 9.74. The fourth-order valence-electron chi connectivity index (χ4n) is 2.20. The molecule has 0 aliphatic heterocycles. The van der Waals surface area contributed by atoms with Crippen molar-refractivity contribution in [2.75, 3.05) is 0 Å². The predicted octanol–water partition coefficient (Wildman–Crippen LogP) is 3.69. The molecule has 1 aliphatic carbocycles. The Morgan fingerprint density at radius 2 is 2.00 bits per heavy atom. The Morgan fingerprint density at radius 3 is 2.42 bits per heavy atom. The van der Waals surface area contributed by atoms with E-state index >= 15 is 0 Å². The van der Waals surface area contributed by atoms with E-state index in [2.05, 4.69) is 40.0 Å². The van der Waals surface area contributed by atoms with Crippen LogP contribution in [0, 0.1) is 11.8 Å². The quantitative estimate of drug-likeness (QED) is 0.466. The molecule has 0 aromatic carbocycles. The van der Waals surface area contributed by atoms with Gasteiger partial charge >= 0.3 is 0 Å². The minimum Gasteiger partial charge on any atom is -0.172 e. The molecule has 0 N–H and O–H groups in total. The van der Waals surface area contributed by atoms with Crippen LogP contribution in [0.15, 0.2) is 12.2 Å². The van der Waals surface area contributed by atoms with Crippen LogP contribution in [0.2, 0.25) is 0 Å². The van der Waals surface area contributed by atoms with Crippen LogP contribution in [0.5, 0.6) is 0 Å². The molecule has 1 aliphatic rings. The van der Waals surface area contributed by atoms with Crippen LogP contribution in [-0.2, 0) is 0 Å². The third kappa shape index (κ3) is 2.29. The van der Waals surface area contributed by atoms with Gasteiger partial charge < -0.3 is 0 Å². The van der Waals surface area contributed by atoms with Gasteiger partial charge in [-0.3, -0.25) is 0 Å². The zero-order valence-corrected chi connectivity index (χ0v) is 9.32. The molecular formula is C11H20S. The second kappa shape index (κ2) is 3.45. The number of thiol groups is 1. The number of hydrogen-bond donors (Lipinski definition) is 1. The fraction of sp³-hybridized carbons (Fsp3) is 0.818. The minimum absolute atomic E-state index is 0.122. The molecule has 0 aromatic rings. The van der Waals surface area contributed by atoms with E-state index in [0.29, 0.717) is 5.92 Å². The summed E-state index contributed by atoms with van der Waals surface area (Å²) in [5.41, 5.74) is 1.41. The van der Waals surface area contributed by atoms with Crippen molar-refractivity contribution in [3.05, 3.63) is 12.2 Å². The van der Waals surface area contributed by atoms with Crippen molar-refractivity contribution in [3.63, 3.8) is 0 Å². The third-order valence-electron chi connectivity index (χ3n) is 2.90. The molecule has 12 heavy (non-hydrogen) atoms. The molecule has 1 fully saturated rings. The average molecular weight is 184 g/mol.